The molecule has 4 N–H and O–H groups in total. The van der Waals surface area contributed by atoms with Crippen molar-refractivity contribution in [3.05, 3.63) is 64.7 Å². The van der Waals surface area contributed by atoms with Crippen LogP contribution in [-0.2, 0) is 20.6 Å². The third-order valence-corrected chi connectivity index (χ3v) is 4.98. The molecule has 7 nitrogen and oxygen atoms in total. The predicted octanol–water partition coefficient (Wildman–Crippen LogP) is 2.52. The molecule has 0 spiro atoms. The number of benzene rings is 2. The minimum Gasteiger partial charge on any atom is -0.340 e. The molecule has 2 aromatic carbocycles. The van der Waals surface area contributed by atoms with Crippen molar-refractivity contribution in [1.82, 2.24) is 5.32 Å². The number of halogens is 1. The van der Waals surface area contributed by atoms with Gasteiger partial charge in [0.2, 0.25) is 15.9 Å². The van der Waals surface area contributed by atoms with Gasteiger partial charge in [-0.15, -0.1) is 0 Å². The van der Waals surface area contributed by atoms with Gasteiger partial charge in [-0.25, -0.2) is 13.6 Å². The second-order valence-electron chi connectivity index (χ2n) is 6.67. The Bertz CT molecular complexity index is 977. The fourth-order valence-corrected chi connectivity index (χ4v) is 3.46. The van der Waals surface area contributed by atoms with Gasteiger partial charge in [0.25, 0.3) is 5.91 Å². The smallest absolute Gasteiger partial charge is 0.253 e. The number of sulfonamides is 1. The molecule has 9 heteroatoms. The first-order valence-corrected chi connectivity index (χ1v) is 10.6. The molecule has 0 aliphatic heterocycles. The summed E-state index contributed by atoms with van der Waals surface area (Å²) in [5, 5.41) is 10.7. The normalized spacial score (nSPS) is 12.5. The second kappa shape index (κ2) is 9.18. The van der Waals surface area contributed by atoms with Crippen molar-refractivity contribution in [2.45, 2.75) is 25.6 Å². The number of carbonyl (C=O) groups is 2. The predicted molar refractivity (Wildman–Crippen MR) is 109 cm³/mol. The van der Waals surface area contributed by atoms with Crippen LogP contribution in [0.2, 0.25) is 5.02 Å². The Kier molecular flexibility index (Phi) is 7.17. The van der Waals surface area contributed by atoms with E-state index in [0.29, 0.717) is 16.3 Å². The third kappa shape index (κ3) is 6.33. The average molecular weight is 424 g/mol. The van der Waals surface area contributed by atoms with Crippen molar-refractivity contribution in [1.29, 1.82) is 0 Å². The maximum Gasteiger partial charge on any atom is 0.253 e. The first kappa shape index (κ1) is 21.9. The maximum atomic E-state index is 12.7. The lowest BCUT2D eigenvalue weighted by Gasteiger charge is -2.22. The fraction of sp³-hybridized carbons (Fsp3) is 0.263. The molecule has 0 aliphatic carbocycles. The first-order chi connectivity index (χ1) is 13.1. The van der Waals surface area contributed by atoms with E-state index in [2.05, 4.69) is 10.6 Å². The molecule has 1 atom stereocenters. The lowest BCUT2D eigenvalue weighted by Crippen LogP contribution is -2.47. The molecule has 0 saturated heterocycles. The minimum absolute atomic E-state index is 0.195. The number of rotatable bonds is 7. The lowest BCUT2D eigenvalue weighted by atomic mass is 10.0. The summed E-state index contributed by atoms with van der Waals surface area (Å²) >= 11 is 6.04. The number of hydrogen-bond donors (Lipinski definition) is 3. The number of nitrogens with one attached hydrogen (secondary N) is 2. The topological polar surface area (TPSA) is 118 Å². The summed E-state index contributed by atoms with van der Waals surface area (Å²) in [6.07, 6.45) is 0. The summed E-state index contributed by atoms with van der Waals surface area (Å²) in [4.78, 5) is 25.2. The molecule has 0 radical (unpaired) electrons. The summed E-state index contributed by atoms with van der Waals surface area (Å²) in [6, 6.07) is 12.1. The fourth-order valence-electron chi connectivity index (χ4n) is 2.59. The summed E-state index contributed by atoms with van der Waals surface area (Å²) in [5.41, 5.74) is 1.13. The van der Waals surface area contributed by atoms with Crippen LogP contribution >= 0.6 is 11.6 Å². The Labute approximate surface area is 169 Å². The molecule has 0 saturated carbocycles. The Morgan fingerprint density at radius 3 is 2.39 bits per heavy atom. The average Bonchev–Trinajstić information content (AvgIpc) is 2.58. The van der Waals surface area contributed by atoms with Crippen molar-refractivity contribution < 1.29 is 18.0 Å². The van der Waals surface area contributed by atoms with Crippen molar-refractivity contribution >= 4 is 39.1 Å². The molecule has 0 fully saturated rings. The number of amides is 2. The van der Waals surface area contributed by atoms with Crippen LogP contribution in [-0.4, -0.2) is 26.3 Å². The van der Waals surface area contributed by atoms with E-state index < -0.39 is 27.9 Å². The van der Waals surface area contributed by atoms with E-state index in [1.807, 2.05) is 0 Å². The number of nitrogens with two attached hydrogens (primary N) is 1. The van der Waals surface area contributed by atoms with Gasteiger partial charge in [0.1, 0.15) is 6.04 Å². The zero-order chi connectivity index (χ0) is 20.9. The SMILES string of the molecule is CC(C)C(NC(=O)c1ccccc1Cl)C(=O)Nc1cccc(CS(N)(=O)=O)c1. The van der Waals surface area contributed by atoms with Crippen LogP contribution in [0.3, 0.4) is 0 Å². The Hall–Kier alpha value is -2.42. The lowest BCUT2D eigenvalue weighted by molar-refractivity contribution is -0.118. The quantitative estimate of drug-likeness (QED) is 0.633. The van der Waals surface area contributed by atoms with Crippen LogP contribution in [0.1, 0.15) is 29.8 Å². The molecule has 2 aromatic rings. The maximum absolute atomic E-state index is 12.7. The molecule has 28 heavy (non-hydrogen) atoms. The van der Waals surface area contributed by atoms with E-state index >= 15 is 0 Å². The number of hydrogen-bond acceptors (Lipinski definition) is 4. The van der Waals surface area contributed by atoms with Crippen LogP contribution < -0.4 is 15.8 Å². The van der Waals surface area contributed by atoms with Gasteiger partial charge in [0, 0.05) is 5.69 Å². The molecule has 2 amide bonds. The van der Waals surface area contributed by atoms with Crippen LogP contribution in [0.15, 0.2) is 48.5 Å². The highest BCUT2D eigenvalue weighted by Gasteiger charge is 2.25. The summed E-state index contributed by atoms with van der Waals surface area (Å²) < 4.78 is 22.5. The summed E-state index contributed by atoms with van der Waals surface area (Å²) in [5.74, 6) is -1.42. The zero-order valence-corrected chi connectivity index (χ0v) is 17.0. The monoisotopic (exact) mass is 423 g/mol. The van der Waals surface area contributed by atoms with Crippen molar-refractivity contribution in [3.8, 4) is 0 Å². The Morgan fingerprint density at radius 1 is 1.11 bits per heavy atom. The van der Waals surface area contributed by atoms with Crippen molar-refractivity contribution in [2.75, 3.05) is 5.32 Å². The van der Waals surface area contributed by atoms with Gasteiger partial charge < -0.3 is 10.6 Å². The molecule has 0 bridgehead atoms. The van der Waals surface area contributed by atoms with Crippen molar-refractivity contribution in [2.24, 2.45) is 11.1 Å². The molecule has 1 unspecified atom stereocenters. The van der Waals surface area contributed by atoms with Crippen LogP contribution in [0.5, 0.6) is 0 Å². The number of anilines is 1. The highest BCUT2D eigenvalue weighted by Crippen LogP contribution is 2.17. The molecule has 150 valence electrons. The van der Waals surface area contributed by atoms with E-state index in [9.17, 15) is 18.0 Å². The standard InChI is InChI=1S/C19H22ClN3O4S/c1-12(2)17(23-18(24)15-8-3-4-9-16(15)20)19(25)22-14-7-5-6-13(10-14)11-28(21,26)27/h3-10,12,17H,11H2,1-2H3,(H,22,25)(H,23,24)(H2,21,26,27). The van der Waals surface area contributed by atoms with Gasteiger partial charge in [-0.05, 0) is 35.7 Å². The molecule has 0 aromatic heterocycles. The largest absolute Gasteiger partial charge is 0.340 e. The number of primary sulfonamides is 1. The molecule has 0 aliphatic rings. The number of carbonyl (C=O) groups excluding carboxylic acids is 2. The third-order valence-electron chi connectivity index (χ3n) is 3.92. The summed E-state index contributed by atoms with van der Waals surface area (Å²) in [6.45, 7) is 3.60. The molecule has 2 rings (SSSR count). The van der Waals surface area contributed by atoms with E-state index in [4.69, 9.17) is 16.7 Å². The zero-order valence-electron chi connectivity index (χ0n) is 15.5. The minimum atomic E-state index is -3.69. The van der Waals surface area contributed by atoms with E-state index in [-0.39, 0.29) is 17.2 Å². The van der Waals surface area contributed by atoms with Crippen LogP contribution in [0.4, 0.5) is 5.69 Å². The summed E-state index contributed by atoms with van der Waals surface area (Å²) in [7, 11) is -3.69. The van der Waals surface area contributed by atoms with Gasteiger partial charge >= 0.3 is 0 Å². The highest BCUT2D eigenvalue weighted by molar-refractivity contribution is 7.88. The van der Waals surface area contributed by atoms with E-state index in [1.54, 1.807) is 56.3 Å². The van der Waals surface area contributed by atoms with E-state index in [0.717, 1.165) is 0 Å². The molecular formula is C19H22ClN3O4S. The second-order valence-corrected chi connectivity index (χ2v) is 8.69. The molecular weight excluding hydrogens is 402 g/mol. The van der Waals surface area contributed by atoms with E-state index in [1.165, 1.54) is 6.07 Å². The van der Waals surface area contributed by atoms with Gasteiger partial charge in [-0.2, -0.15) is 0 Å². The highest BCUT2D eigenvalue weighted by atomic mass is 35.5. The van der Waals surface area contributed by atoms with Gasteiger partial charge in [-0.1, -0.05) is 49.7 Å². The first-order valence-electron chi connectivity index (χ1n) is 8.52. The van der Waals surface area contributed by atoms with Gasteiger partial charge in [0.05, 0.1) is 16.3 Å². The molecule has 0 heterocycles. The van der Waals surface area contributed by atoms with Gasteiger partial charge in [-0.3, -0.25) is 9.59 Å². The van der Waals surface area contributed by atoms with Crippen molar-refractivity contribution in [3.63, 3.8) is 0 Å². The van der Waals surface area contributed by atoms with Crippen LogP contribution in [0.25, 0.3) is 0 Å². The van der Waals surface area contributed by atoms with Crippen LogP contribution in [0, 0.1) is 5.92 Å². The Balaban J connectivity index is 2.14. The Morgan fingerprint density at radius 2 is 1.79 bits per heavy atom. The van der Waals surface area contributed by atoms with Gasteiger partial charge in [0.15, 0.2) is 0 Å².